The third kappa shape index (κ3) is 4.41. The Labute approximate surface area is 122 Å². The number of nitrogens with zero attached hydrogens (tertiary/aromatic N) is 1. The van der Waals surface area contributed by atoms with Crippen molar-refractivity contribution in [1.29, 1.82) is 5.26 Å². The van der Waals surface area contributed by atoms with Crippen molar-refractivity contribution in [3.63, 3.8) is 0 Å². The molecule has 2 aromatic carbocycles. The maximum atomic E-state index is 12.7. The second-order valence-electron chi connectivity index (χ2n) is 4.44. The molecule has 5 heteroatoms. The van der Waals surface area contributed by atoms with E-state index in [4.69, 9.17) is 5.26 Å². The summed E-state index contributed by atoms with van der Waals surface area (Å²) in [7, 11) is 0. The summed E-state index contributed by atoms with van der Waals surface area (Å²) in [6.45, 7) is 0.574. The van der Waals surface area contributed by atoms with Crippen LogP contribution in [0.25, 0.3) is 0 Å². The van der Waals surface area contributed by atoms with Gasteiger partial charge in [0.25, 0.3) is 0 Å². The van der Waals surface area contributed by atoms with Gasteiger partial charge in [0.2, 0.25) is 5.91 Å². The van der Waals surface area contributed by atoms with E-state index in [1.165, 1.54) is 12.1 Å². The molecule has 4 nitrogen and oxygen atoms in total. The topological polar surface area (TPSA) is 64.9 Å². The van der Waals surface area contributed by atoms with Gasteiger partial charge < -0.3 is 10.6 Å². The smallest absolute Gasteiger partial charge is 0.238 e. The van der Waals surface area contributed by atoms with Gasteiger partial charge in [-0.15, -0.1) is 0 Å². The van der Waals surface area contributed by atoms with Crippen molar-refractivity contribution in [2.24, 2.45) is 0 Å². The maximum Gasteiger partial charge on any atom is 0.238 e. The number of rotatable bonds is 5. The van der Waals surface area contributed by atoms with Gasteiger partial charge in [-0.05, 0) is 29.8 Å². The van der Waals surface area contributed by atoms with Crippen LogP contribution in [0.15, 0.2) is 48.5 Å². The highest BCUT2D eigenvalue weighted by atomic mass is 19.1. The summed E-state index contributed by atoms with van der Waals surface area (Å²) in [5, 5.41) is 14.6. The van der Waals surface area contributed by atoms with Crippen LogP contribution in [0, 0.1) is 17.1 Å². The number of hydrogen-bond donors (Lipinski definition) is 2. The largest absolute Gasteiger partial charge is 0.324 e. The van der Waals surface area contributed by atoms with E-state index in [0.717, 1.165) is 5.56 Å². The summed E-state index contributed by atoms with van der Waals surface area (Å²) >= 11 is 0. The fourth-order valence-electron chi connectivity index (χ4n) is 1.81. The van der Waals surface area contributed by atoms with Crippen molar-refractivity contribution in [1.82, 2.24) is 5.32 Å². The fraction of sp³-hybridized carbons (Fsp3) is 0.125. The zero-order valence-electron chi connectivity index (χ0n) is 11.3. The van der Waals surface area contributed by atoms with E-state index in [1.807, 2.05) is 6.07 Å². The van der Waals surface area contributed by atoms with E-state index in [9.17, 15) is 9.18 Å². The minimum Gasteiger partial charge on any atom is -0.324 e. The van der Waals surface area contributed by atoms with Gasteiger partial charge in [0.1, 0.15) is 11.9 Å². The number of nitrogens with one attached hydrogen (secondary N) is 2. The summed E-state index contributed by atoms with van der Waals surface area (Å²) in [6.07, 6.45) is 0. The van der Waals surface area contributed by atoms with Gasteiger partial charge in [0, 0.05) is 6.54 Å². The van der Waals surface area contributed by atoms with Crippen molar-refractivity contribution in [2.75, 3.05) is 11.9 Å². The van der Waals surface area contributed by atoms with Crippen LogP contribution >= 0.6 is 0 Å². The predicted molar refractivity (Wildman–Crippen MR) is 77.9 cm³/mol. The molecule has 0 aliphatic heterocycles. The number of para-hydroxylation sites is 1. The first-order valence-electron chi connectivity index (χ1n) is 6.43. The van der Waals surface area contributed by atoms with Gasteiger partial charge in [-0.3, -0.25) is 4.79 Å². The molecule has 21 heavy (non-hydrogen) atoms. The average molecular weight is 283 g/mol. The fourth-order valence-corrected chi connectivity index (χ4v) is 1.81. The van der Waals surface area contributed by atoms with Crippen molar-refractivity contribution < 1.29 is 9.18 Å². The Kier molecular flexibility index (Phi) is 5.02. The van der Waals surface area contributed by atoms with Crippen LogP contribution in [-0.2, 0) is 11.3 Å². The Morgan fingerprint density at radius 3 is 2.57 bits per heavy atom. The van der Waals surface area contributed by atoms with Crippen molar-refractivity contribution >= 4 is 11.6 Å². The van der Waals surface area contributed by atoms with E-state index < -0.39 is 0 Å². The lowest BCUT2D eigenvalue weighted by molar-refractivity contribution is -0.115. The number of amides is 1. The number of carbonyl (C=O) groups is 1. The molecule has 2 N–H and O–H groups in total. The molecule has 0 spiro atoms. The molecule has 1 amide bonds. The van der Waals surface area contributed by atoms with Gasteiger partial charge in [-0.2, -0.15) is 5.26 Å². The van der Waals surface area contributed by atoms with Crippen LogP contribution in [0.1, 0.15) is 11.1 Å². The van der Waals surface area contributed by atoms with Crippen molar-refractivity contribution in [3.8, 4) is 6.07 Å². The third-order valence-electron chi connectivity index (χ3n) is 2.85. The second kappa shape index (κ2) is 7.17. The lowest BCUT2D eigenvalue weighted by Gasteiger charge is -2.08. The normalized spacial score (nSPS) is 9.90. The Balaban J connectivity index is 1.82. The number of hydrogen-bond acceptors (Lipinski definition) is 3. The second-order valence-corrected chi connectivity index (χ2v) is 4.44. The Morgan fingerprint density at radius 1 is 1.14 bits per heavy atom. The van der Waals surface area contributed by atoms with Gasteiger partial charge >= 0.3 is 0 Å². The summed E-state index contributed by atoms with van der Waals surface area (Å²) in [4.78, 5) is 11.8. The number of benzene rings is 2. The van der Waals surface area contributed by atoms with Gasteiger partial charge in [-0.25, -0.2) is 4.39 Å². The van der Waals surface area contributed by atoms with Crippen molar-refractivity contribution in [2.45, 2.75) is 6.54 Å². The summed E-state index contributed by atoms with van der Waals surface area (Å²) in [6, 6.07) is 14.9. The quantitative estimate of drug-likeness (QED) is 0.885. The zero-order chi connectivity index (χ0) is 15.1. The molecular formula is C16H14FN3O. The van der Waals surface area contributed by atoms with Gasteiger partial charge in [0.05, 0.1) is 17.8 Å². The Hall–Kier alpha value is -2.71. The highest BCUT2D eigenvalue weighted by Gasteiger charge is 2.05. The van der Waals surface area contributed by atoms with E-state index in [1.54, 1.807) is 36.4 Å². The SMILES string of the molecule is N#Cc1ccccc1NC(=O)CNCc1ccc(F)cc1. The number of halogens is 1. The average Bonchev–Trinajstić information content (AvgIpc) is 2.50. The van der Waals surface area contributed by atoms with Crippen LogP contribution in [0.4, 0.5) is 10.1 Å². The van der Waals surface area contributed by atoms with Crippen LogP contribution in [0.5, 0.6) is 0 Å². The molecule has 0 bridgehead atoms. The van der Waals surface area contributed by atoms with Crippen LogP contribution in [0.3, 0.4) is 0 Å². The zero-order valence-corrected chi connectivity index (χ0v) is 11.3. The molecule has 0 unspecified atom stereocenters. The molecule has 0 heterocycles. The maximum absolute atomic E-state index is 12.7. The molecule has 0 atom stereocenters. The molecule has 0 aliphatic rings. The number of carbonyl (C=O) groups excluding carboxylic acids is 1. The standard InChI is InChI=1S/C16H14FN3O/c17-14-7-5-12(6-8-14)10-19-11-16(21)20-15-4-2-1-3-13(15)9-18/h1-8,19H,10-11H2,(H,20,21). The number of nitriles is 1. The van der Waals surface area contributed by atoms with Gasteiger partial charge in [0.15, 0.2) is 0 Å². The summed E-state index contributed by atoms with van der Waals surface area (Å²) < 4.78 is 12.7. The number of anilines is 1. The molecule has 2 aromatic rings. The molecule has 0 fully saturated rings. The molecule has 0 aromatic heterocycles. The van der Waals surface area contributed by atoms with Gasteiger partial charge in [-0.1, -0.05) is 24.3 Å². The van der Waals surface area contributed by atoms with Crippen molar-refractivity contribution in [3.05, 3.63) is 65.5 Å². The van der Waals surface area contributed by atoms with E-state index in [-0.39, 0.29) is 18.3 Å². The van der Waals surface area contributed by atoms with E-state index in [2.05, 4.69) is 10.6 Å². The van der Waals surface area contributed by atoms with Crippen LogP contribution in [-0.4, -0.2) is 12.5 Å². The Bertz CT molecular complexity index is 662. The molecule has 0 saturated carbocycles. The molecule has 0 radical (unpaired) electrons. The van der Waals surface area contributed by atoms with E-state index in [0.29, 0.717) is 17.8 Å². The highest BCUT2D eigenvalue weighted by molar-refractivity contribution is 5.93. The molecule has 2 rings (SSSR count). The predicted octanol–water partition coefficient (Wildman–Crippen LogP) is 2.43. The lowest BCUT2D eigenvalue weighted by atomic mass is 10.2. The first-order valence-corrected chi connectivity index (χ1v) is 6.43. The highest BCUT2D eigenvalue weighted by Crippen LogP contribution is 2.12. The lowest BCUT2D eigenvalue weighted by Crippen LogP contribution is -2.28. The Morgan fingerprint density at radius 2 is 1.86 bits per heavy atom. The van der Waals surface area contributed by atoms with Crippen LogP contribution < -0.4 is 10.6 Å². The molecule has 106 valence electrons. The van der Waals surface area contributed by atoms with E-state index >= 15 is 0 Å². The first kappa shape index (κ1) is 14.7. The molecule has 0 aliphatic carbocycles. The molecule has 0 saturated heterocycles. The monoisotopic (exact) mass is 283 g/mol. The minimum atomic E-state index is -0.287. The molecular weight excluding hydrogens is 269 g/mol. The first-order chi connectivity index (χ1) is 10.2. The third-order valence-corrected chi connectivity index (χ3v) is 2.85. The minimum absolute atomic E-state index is 0.108. The summed E-state index contributed by atoms with van der Waals surface area (Å²) in [5.74, 6) is -0.524. The van der Waals surface area contributed by atoms with Crippen LogP contribution in [0.2, 0.25) is 0 Å². The summed E-state index contributed by atoms with van der Waals surface area (Å²) in [5.41, 5.74) is 1.81.